The second-order valence-corrected chi connectivity index (χ2v) is 27.0. The normalized spacial score (nSPS) is 50.9. The van der Waals surface area contributed by atoms with E-state index < -0.39 is 165 Å². The summed E-state index contributed by atoms with van der Waals surface area (Å²) in [6.45, 7) is 15.8. The first-order chi connectivity index (χ1) is 37.5. The predicted molar refractivity (Wildman–Crippen MR) is 276 cm³/mol. The first-order valence-electron chi connectivity index (χ1n) is 29.2. The summed E-state index contributed by atoms with van der Waals surface area (Å²) in [5.41, 5.74) is -1.34. The van der Waals surface area contributed by atoms with E-state index in [4.69, 9.17) is 42.6 Å². The molecule has 0 bridgehead atoms. The van der Waals surface area contributed by atoms with Crippen molar-refractivity contribution in [3.05, 3.63) is 11.6 Å². The molecule has 23 nitrogen and oxygen atoms in total. The summed E-state index contributed by atoms with van der Waals surface area (Å²) in [5.74, 6) is -1.52. The highest BCUT2D eigenvalue weighted by atomic mass is 16.8. The van der Waals surface area contributed by atoms with Crippen molar-refractivity contribution < 1.29 is 113 Å². The van der Waals surface area contributed by atoms with Gasteiger partial charge in [0.25, 0.3) is 0 Å². The van der Waals surface area contributed by atoms with Crippen molar-refractivity contribution in [1.29, 1.82) is 0 Å². The molecule has 4 saturated heterocycles. The van der Waals surface area contributed by atoms with Gasteiger partial charge in [-0.2, -0.15) is 0 Å². The molecule has 4 heterocycles. The smallest absolute Gasteiger partial charge is 0.338 e. The number of aliphatic hydroxyl groups excluding tert-OH is 12. The first kappa shape index (κ1) is 62.5. The third-order valence-corrected chi connectivity index (χ3v) is 21.7. The fourth-order valence-electron chi connectivity index (χ4n) is 16.6. The molecule has 4 aliphatic heterocycles. The SMILES string of the molecule is CCCCOC(=O)[C@H]1O[C@@H](O[C@@H]2CC[C@]3(C)[C@H](CC[C@]4(C)[C@@H]3CC=C3[C@H]5CC(C)(C)CC[C@]5(C(=O)O[C@@H]5O[C@H](CO)[C@@H](O)[C@H](O)[C@H]5O)CC[C@]34C)C2(C)C)[C@H](O[C@H]2OC[C@@H](O)[C@H](O)[C@H]2O)[C@@H](O[C@@H]2O[C@H](CO)[C@@H](O)[C@H](O)[C@H]2O)[C@@H]1O. The highest BCUT2D eigenvalue weighted by Gasteiger charge is 2.70. The van der Waals surface area contributed by atoms with Crippen LogP contribution < -0.4 is 0 Å². The van der Waals surface area contributed by atoms with Crippen molar-refractivity contribution in [3.8, 4) is 0 Å². The van der Waals surface area contributed by atoms with E-state index in [2.05, 4.69) is 54.5 Å². The van der Waals surface area contributed by atoms with E-state index >= 15 is 0 Å². The van der Waals surface area contributed by atoms with E-state index in [-0.39, 0.29) is 46.0 Å². The average molecular weight is 1150 g/mol. The van der Waals surface area contributed by atoms with Crippen LogP contribution in [0.3, 0.4) is 0 Å². The van der Waals surface area contributed by atoms with Crippen LogP contribution in [0.15, 0.2) is 11.6 Å². The predicted octanol–water partition coefficient (Wildman–Crippen LogP) is -0.0452. The Bertz CT molecular complexity index is 2210. The molecule has 0 unspecified atom stereocenters. The number of hydrogen-bond acceptors (Lipinski definition) is 23. The van der Waals surface area contributed by atoms with Gasteiger partial charge in [-0.3, -0.25) is 4.79 Å². The zero-order chi connectivity index (χ0) is 58.4. The van der Waals surface area contributed by atoms with Crippen molar-refractivity contribution in [2.24, 2.45) is 50.2 Å². The van der Waals surface area contributed by atoms with Crippen LogP contribution in [0.5, 0.6) is 0 Å². The maximum atomic E-state index is 14.8. The third kappa shape index (κ3) is 10.6. The molecule has 458 valence electrons. The molecule has 5 aliphatic carbocycles. The molecule has 27 atom stereocenters. The Morgan fingerprint density at radius 2 is 1.24 bits per heavy atom. The number of carbonyl (C=O) groups excluding carboxylic acids is 2. The van der Waals surface area contributed by atoms with Crippen molar-refractivity contribution >= 4 is 11.9 Å². The number of ether oxygens (including phenoxy) is 9. The zero-order valence-corrected chi connectivity index (χ0v) is 47.5. The van der Waals surface area contributed by atoms with Gasteiger partial charge in [0.15, 0.2) is 25.0 Å². The molecule has 8 fully saturated rings. The Labute approximate surface area is 467 Å². The molecule has 9 aliphatic rings. The molecule has 23 heteroatoms. The molecule has 80 heavy (non-hydrogen) atoms. The van der Waals surface area contributed by atoms with Crippen LogP contribution in [0.25, 0.3) is 0 Å². The molecule has 0 aromatic rings. The number of allylic oxidation sites excluding steroid dienone is 2. The van der Waals surface area contributed by atoms with Crippen LogP contribution in [0, 0.1) is 50.2 Å². The molecule has 0 aromatic heterocycles. The Morgan fingerprint density at radius 1 is 0.625 bits per heavy atom. The van der Waals surface area contributed by atoms with E-state index in [1.807, 2.05) is 6.92 Å². The van der Waals surface area contributed by atoms with Crippen molar-refractivity contribution in [2.45, 2.75) is 255 Å². The van der Waals surface area contributed by atoms with Gasteiger partial charge in [0, 0.05) is 0 Å². The summed E-state index contributed by atoms with van der Waals surface area (Å²) < 4.78 is 54.8. The van der Waals surface area contributed by atoms with E-state index in [0.717, 1.165) is 32.1 Å². The first-order valence-corrected chi connectivity index (χ1v) is 29.2. The second-order valence-electron chi connectivity index (χ2n) is 27.0. The van der Waals surface area contributed by atoms with Gasteiger partial charge >= 0.3 is 11.9 Å². The summed E-state index contributed by atoms with van der Waals surface area (Å²) >= 11 is 0. The number of fused-ring (bicyclic) bond motifs is 7. The Kier molecular flexibility index (Phi) is 18.2. The average Bonchev–Trinajstić information content (AvgIpc) is 3.41. The highest BCUT2D eigenvalue weighted by molar-refractivity contribution is 5.79. The summed E-state index contributed by atoms with van der Waals surface area (Å²) in [6.07, 6.45) is -22.8. The quantitative estimate of drug-likeness (QED) is 0.0470. The van der Waals surface area contributed by atoms with E-state index in [1.165, 1.54) is 5.57 Å². The lowest BCUT2D eigenvalue weighted by molar-refractivity contribution is -0.391. The number of aliphatic hydroxyl groups is 12. The lowest BCUT2D eigenvalue weighted by Gasteiger charge is -2.71. The van der Waals surface area contributed by atoms with E-state index in [1.54, 1.807) is 0 Å². The largest absolute Gasteiger partial charge is 0.464 e. The third-order valence-electron chi connectivity index (χ3n) is 21.7. The molecule has 12 N–H and O–H groups in total. The fourth-order valence-corrected chi connectivity index (χ4v) is 16.6. The van der Waals surface area contributed by atoms with Gasteiger partial charge in [0.05, 0.1) is 37.9 Å². The molecule has 0 spiro atoms. The maximum absolute atomic E-state index is 14.8. The van der Waals surface area contributed by atoms with Crippen LogP contribution in [0.4, 0.5) is 0 Å². The number of hydrogen-bond donors (Lipinski definition) is 12. The molecule has 4 saturated carbocycles. The van der Waals surface area contributed by atoms with Crippen molar-refractivity contribution in [1.82, 2.24) is 0 Å². The zero-order valence-electron chi connectivity index (χ0n) is 47.5. The van der Waals surface area contributed by atoms with Gasteiger partial charge < -0.3 is 104 Å². The molecular formula is C57H92O23. The second kappa shape index (κ2) is 23.3. The van der Waals surface area contributed by atoms with Gasteiger partial charge in [0.1, 0.15) is 85.5 Å². The summed E-state index contributed by atoms with van der Waals surface area (Å²) in [4.78, 5) is 28.8. The van der Waals surface area contributed by atoms with E-state index in [9.17, 15) is 70.9 Å². The Morgan fingerprint density at radius 3 is 1.89 bits per heavy atom. The van der Waals surface area contributed by atoms with Crippen LogP contribution in [0.2, 0.25) is 0 Å². The van der Waals surface area contributed by atoms with Crippen LogP contribution in [-0.4, -0.2) is 222 Å². The highest BCUT2D eigenvalue weighted by Crippen LogP contribution is 2.76. The fraction of sp³-hybridized carbons (Fsp3) is 0.930. The van der Waals surface area contributed by atoms with Crippen LogP contribution >= 0.6 is 0 Å². The maximum Gasteiger partial charge on any atom is 0.338 e. The van der Waals surface area contributed by atoms with Gasteiger partial charge in [-0.25, -0.2) is 4.79 Å². The van der Waals surface area contributed by atoms with Crippen LogP contribution in [0.1, 0.15) is 132 Å². The lowest BCUT2D eigenvalue weighted by atomic mass is 9.33. The molecule has 9 rings (SSSR count). The van der Waals surface area contributed by atoms with Gasteiger partial charge in [-0.15, -0.1) is 0 Å². The minimum atomic E-state index is -1.97. The number of unbranched alkanes of at least 4 members (excludes halogenated alkanes) is 1. The van der Waals surface area contributed by atoms with Crippen LogP contribution in [-0.2, 0) is 52.2 Å². The molecular weight excluding hydrogens is 1050 g/mol. The number of carbonyl (C=O) groups is 2. The minimum absolute atomic E-state index is 0.0166. The monoisotopic (exact) mass is 1140 g/mol. The Balaban J connectivity index is 1.01. The summed E-state index contributed by atoms with van der Waals surface area (Å²) in [6, 6.07) is 0. The topological polar surface area (TPSA) is 360 Å². The van der Waals surface area contributed by atoms with Crippen molar-refractivity contribution in [2.75, 3.05) is 26.4 Å². The molecule has 0 aromatic carbocycles. The summed E-state index contributed by atoms with van der Waals surface area (Å²) in [5, 5.41) is 129. The van der Waals surface area contributed by atoms with E-state index in [0.29, 0.717) is 44.9 Å². The minimum Gasteiger partial charge on any atom is -0.464 e. The van der Waals surface area contributed by atoms with Gasteiger partial charge in [0.2, 0.25) is 6.29 Å². The number of esters is 2. The van der Waals surface area contributed by atoms with Crippen molar-refractivity contribution in [3.63, 3.8) is 0 Å². The number of rotatable bonds is 14. The van der Waals surface area contributed by atoms with Gasteiger partial charge in [-0.1, -0.05) is 73.5 Å². The molecule has 0 amide bonds. The lowest BCUT2D eigenvalue weighted by Crippen LogP contribution is -2.68. The molecule has 0 radical (unpaired) electrons. The standard InChI is InChI=1S/C57H92O23/c1-9-10-21-72-46(70)44-42(69)43(77-48-40(67)37(64)35(62)29(23-58)74-48)45(79-47-39(66)34(61)28(60)25-73-47)50(78-44)76-33-14-15-54(6)31(53(33,4)5)13-16-56(8)32(54)12-11-26-27-22-52(2,3)17-19-57(27,20-18-55(26,56)7)51(71)80-49-41(68)38(65)36(63)30(24-59)75-49/h11,27-45,47-50,58-69H,9-10,12-25H2,1-8H3/t27-,28-,29-,30-,31-,32-,33-,34+,35-,36-,37+,38+,39-,40-,41-,42+,43+,44+,45-,47-,48+,49+,50-,54-,55-,56-,57+/m1/s1. The summed E-state index contributed by atoms with van der Waals surface area (Å²) in [7, 11) is 0. The Hall–Kier alpha value is -2.08. The van der Waals surface area contributed by atoms with Gasteiger partial charge in [-0.05, 0) is 115 Å².